The van der Waals surface area contributed by atoms with Crippen molar-refractivity contribution in [1.29, 1.82) is 0 Å². The van der Waals surface area contributed by atoms with Gasteiger partial charge in [0.2, 0.25) is 5.13 Å². The molecule has 0 aliphatic carbocycles. The molecule has 24 heavy (non-hydrogen) atoms. The molecule has 0 bridgehead atoms. The third kappa shape index (κ3) is 4.73. The maximum atomic E-state index is 12.3. The fourth-order valence-electron chi connectivity index (χ4n) is 2.59. The Morgan fingerprint density at radius 1 is 1.33 bits per heavy atom. The highest BCUT2D eigenvalue weighted by molar-refractivity contribution is 7.13. The van der Waals surface area contributed by atoms with Crippen LogP contribution < -0.4 is 10.6 Å². The number of hydrogen-bond donors (Lipinski definition) is 2. The Bertz CT molecular complexity index is 641. The summed E-state index contributed by atoms with van der Waals surface area (Å²) >= 11 is 1.29. The van der Waals surface area contributed by atoms with Crippen molar-refractivity contribution in [3.8, 4) is 0 Å². The highest BCUT2D eigenvalue weighted by Crippen LogP contribution is 2.17. The molecule has 1 aliphatic heterocycles. The Balaban J connectivity index is 1.68. The SMILES string of the molecule is Cc1ccc([C@@H](CN2CCOCC2)NC(=O)Nc2nncs2)cc1. The number of amides is 2. The minimum Gasteiger partial charge on any atom is -0.379 e. The van der Waals surface area contributed by atoms with Gasteiger partial charge in [0.1, 0.15) is 5.51 Å². The number of nitrogens with zero attached hydrogens (tertiary/aromatic N) is 3. The van der Waals surface area contributed by atoms with Gasteiger partial charge in [-0.25, -0.2) is 4.79 Å². The molecule has 2 heterocycles. The third-order valence-corrected chi connectivity index (χ3v) is 4.52. The van der Waals surface area contributed by atoms with Crippen LogP contribution in [0.5, 0.6) is 0 Å². The minimum absolute atomic E-state index is 0.100. The topological polar surface area (TPSA) is 79.4 Å². The zero-order valence-corrected chi connectivity index (χ0v) is 14.4. The van der Waals surface area contributed by atoms with Crippen molar-refractivity contribution in [2.24, 2.45) is 0 Å². The van der Waals surface area contributed by atoms with E-state index >= 15 is 0 Å². The number of anilines is 1. The van der Waals surface area contributed by atoms with Gasteiger partial charge in [-0.05, 0) is 12.5 Å². The quantitative estimate of drug-likeness (QED) is 0.865. The molecule has 2 N–H and O–H groups in total. The molecule has 8 heteroatoms. The van der Waals surface area contributed by atoms with Crippen LogP contribution in [0.1, 0.15) is 17.2 Å². The summed E-state index contributed by atoms with van der Waals surface area (Å²) in [4.78, 5) is 14.6. The van der Waals surface area contributed by atoms with E-state index in [1.54, 1.807) is 5.51 Å². The third-order valence-electron chi connectivity index (χ3n) is 3.91. The van der Waals surface area contributed by atoms with Crippen LogP contribution in [0.2, 0.25) is 0 Å². The predicted octanol–water partition coefficient (Wildman–Crippen LogP) is 2.04. The van der Waals surface area contributed by atoms with E-state index < -0.39 is 0 Å². The number of carbonyl (C=O) groups is 1. The summed E-state index contributed by atoms with van der Waals surface area (Å²) < 4.78 is 5.40. The van der Waals surface area contributed by atoms with Crippen LogP contribution in [-0.2, 0) is 4.74 Å². The second-order valence-electron chi connectivity index (χ2n) is 5.72. The van der Waals surface area contributed by atoms with Crippen molar-refractivity contribution in [3.05, 3.63) is 40.9 Å². The van der Waals surface area contributed by atoms with Crippen molar-refractivity contribution in [3.63, 3.8) is 0 Å². The zero-order valence-electron chi connectivity index (χ0n) is 13.6. The molecular weight excluding hydrogens is 326 g/mol. The molecule has 0 radical (unpaired) electrons. The number of carbonyl (C=O) groups excluding carboxylic acids is 1. The largest absolute Gasteiger partial charge is 0.379 e. The summed E-state index contributed by atoms with van der Waals surface area (Å²) in [5.74, 6) is 0. The van der Waals surface area contributed by atoms with Gasteiger partial charge < -0.3 is 10.1 Å². The lowest BCUT2D eigenvalue weighted by Gasteiger charge is -2.31. The Morgan fingerprint density at radius 3 is 2.75 bits per heavy atom. The van der Waals surface area contributed by atoms with Gasteiger partial charge in [0.15, 0.2) is 0 Å². The van der Waals surface area contributed by atoms with Gasteiger partial charge in [-0.1, -0.05) is 41.2 Å². The van der Waals surface area contributed by atoms with Crippen LogP contribution in [0.3, 0.4) is 0 Å². The van der Waals surface area contributed by atoms with Crippen LogP contribution in [-0.4, -0.2) is 54.0 Å². The van der Waals surface area contributed by atoms with Crippen molar-refractivity contribution in [2.75, 3.05) is 38.2 Å². The van der Waals surface area contributed by atoms with Crippen molar-refractivity contribution in [1.82, 2.24) is 20.4 Å². The molecule has 1 aliphatic rings. The van der Waals surface area contributed by atoms with E-state index in [2.05, 4.69) is 56.9 Å². The van der Waals surface area contributed by atoms with E-state index in [9.17, 15) is 4.79 Å². The number of rotatable bonds is 5. The number of ether oxygens (including phenoxy) is 1. The Hall–Kier alpha value is -2.03. The summed E-state index contributed by atoms with van der Waals surface area (Å²) in [5, 5.41) is 13.8. The van der Waals surface area contributed by atoms with E-state index in [-0.39, 0.29) is 12.1 Å². The molecule has 1 aromatic heterocycles. The molecule has 7 nitrogen and oxygen atoms in total. The van der Waals surface area contributed by atoms with Crippen LogP contribution in [0.4, 0.5) is 9.93 Å². The van der Waals surface area contributed by atoms with E-state index in [4.69, 9.17) is 4.74 Å². The molecule has 1 aromatic carbocycles. The first kappa shape index (κ1) is 16.8. The summed E-state index contributed by atoms with van der Waals surface area (Å²) in [5.41, 5.74) is 3.86. The van der Waals surface area contributed by atoms with Gasteiger partial charge in [0, 0.05) is 19.6 Å². The lowest BCUT2D eigenvalue weighted by molar-refractivity contribution is 0.0340. The average molecular weight is 347 g/mol. The number of aryl methyl sites for hydroxylation is 1. The highest BCUT2D eigenvalue weighted by atomic mass is 32.1. The zero-order chi connectivity index (χ0) is 16.8. The predicted molar refractivity (Wildman–Crippen MR) is 93.2 cm³/mol. The van der Waals surface area contributed by atoms with Crippen LogP contribution in [0, 0.1) is 6.92 Å². The molecule has 1 saturated heterocycles. The number of urea groups is 1. The second-order valence-corrected chi connectivity index (χ2v) is 6.55. The van der Waals surface area contributed by atoms with Gasteiger partial charge >= 0.3 is 6.03 Å². The van der Waals surface area contributed by atoms with Gasteiger partial charge in [0.25, 0.3) is 0 Å². The van der Waals surface area contributed by atoms with Crippen molar-refractivity contribution >= 4 is 22.5 Å². The first-order chi connectivity index (χ1) is 11.7. The normalized spacial score (nSPS) is 16.5. The van der Waals surface area contributed by atoms with E-state index in [1.807, 2.05) is 0 Å². The molecule has 1 fully saturated rings. The van der Waals surface area contributed by atoms with Crippen LogP contribution in [0.25, 0.3) is 0 Å². The maximum absolute atomic E-state index is 12.3. The lowest BCUT2D eigenvalue weighted by atomic mass is 10.0. The fourth-order valence-corrected chi connectivity index (χ4v) is 3.03. The Morgan fingerprint density at radius 2 is 2.08 bits per heavy atom. The number of hydrogen-bond acceptors (Lipinski definition) is 6. The van der Waals surface area contributed by atoms with E-state index in [1.165, 1.54) is 16.9 Å². The van der Waals surface area contributed by atoms with Crippen LogP contribution in [0.15, 0.2) is 29.8 Å². The number of morpholine rings is 1. The standard InChI is InChI=1S/C16H21N5O2S/c1-12-2-4-13(5-3-12)14(10-21-6-8-23-9-7-21)18-15(22)19-16-20-17-11-24-16/h2-5,11,14H,6-10H2,1H3,(H2,18,19,20,22)/t14-/m1/s1. The van der Waals surface area contributed by atoms with Gasteiger partial charge in [0.05, 0.1) is 19.3 Å². The minimum atomic E-state index is -0.273. The van der Waals surface area contributed by atoms with Crippen molar-refractivity contribution < 1.29 is 9.53 Å². The molecule has 1 atom stereocenters. The summed E-state index contributed by atoms with van der Waals surface area (Å²) in [6, 6.07) is 7.87. The Kier molecular flexibility index (Phi) is 5.73. The van der Waals surface area contributed by atoms with Gasteiger partial charge in [-0.3, -0.25) is 10.2 Å². The molecule has 2 amide bonds. The molecular formula is C16H21N5O2S. The molecule has 128 valence electrons. The van der Waals surface area contributed by atoms with Crippen LogP contribution >= 0.6 is 11.3 Å². The monoisotopic (exact) mass is 347 g/mol. The summed E-state index contributed by atoms with van der Waals surface area (Å²) in [6.07, 6.45) is 0. The summed E-state index contributed by atoms with van der Waals surface area (Å²) in [7, 11) is 0. The lowest BCUT2D eigenvalue weighted by Crippen LogP contribution is -2.44. The number of aromatic nitrogens is 2. The number of benzene rings is 1. The maximum Gasteiger partial charge on any atom is 0.321 e. The highest BCUT2D eigenvalue weighted by Gasteiger charge is 2.20. The molecule has 0 saturated carbocycles. The van der Waals surface area contributed by atoms with Gasteiger partial charge in [-0.2, -0.15) is 0 Å². The van der Waals surface area contributed by atoms with Gasteiger partial charge in [-0.15, -0.1) is 10.2 Å². The molecule has 2 aromatic rings. The van der Waals surface area contributed by atoms with E-state index in [0.717, 1.165) is 38.4 Å². The van der Waals surface area contributed by atoms with Crippen molar-refractivity contribution in [2.45, 2.75) is 13.0 Å². The van der Waals surface area contributed by atoms with E-state index in [0.29, 0.717) is 5.13 Å². The first-order valence-corrected chi connectivity index (χ1v) is 8.79. The molecule has 0 spiro atoms. The number of nitrogens with one attached hydrogen (secondary N) is 2. The average Bonchev–Trinajstić information content (AvgIpc) is 3.09. The first-order valence-electron chi connectivity index (χ1n) is 7.91. The second kappa shape index (κ2) is 8.18. The smallest absolute Gasteiger partial charge is 0.321 e. The molecule has 0 unspecified atom stereocenters. The molecule has 3 rings (SSSR count). The fraction of sp³-hybridized carbons (Fsp3) is 0.438. The summed E-state index contributed by atoms with van der Waals surface area (Å²) in [6.45, 7) is 6.02. The Labute approximate surface area is 145 Å².